The van der Waals surface area contributed by atoms with E-state index in [0.29, 0.717) is 22.3 Å². The van der Waals surface area contributed by atoms with Crippen molar-refractivity contribution in [1.82, 2.24) is 5.32 Å². The van der Waals surface area contributed by atoms with Crippen molar-refractivity contribution in [2.75, 3.05) is 13.7 Å². The van der Waals surface area contributed by atoms with E-state index >= 15 is 0 Å². The Morgan fingerprint density at radius 2 is 2.06 bits per heavy atom. The molecule has 2 N–H and O–H groups in total. The molecule has 0 heterocycles. The highest BCUT2D eigenvalue weighted by Crippen LogP contribution is 2.30. The third-order valence-corrected chi connectivity index (χ3v) is 3.52. The van der Waals surface area contributed by atoms with E-state index in [1.807, 2.05) is 0 Å². The molecular weight excluding hydrogens is 273 g/mol. The van der Waals surface area contributed by atoms with Crippen LogP contribution in [0.25, 0.3) is 0 Å². The van der Waals surface area contributed by atoms with E-state index < -0.39 is 0 Å². The van der Waals surface area contributed by atoms with Gasteiger partial charge in [-0.2, -0.15) is 0 Å². The largest absolute Gasteiger partial charge is 0.495 e. The van der Waals surface area contributed by atoms with Crippen LogP contribution in [-0.2, 0) is 6.54 Å². The maximum Gasteiger partial charge on any atom is 0.138 e. The molecule has 0 aliphatic carbocycles. The van der Waals surface area contributed by atoms with Crippen LogP contribution < -0.4 is 10.1 Å². The van der Waals surface area contributed by atoms with Gasteiger partial charge >= 0.3 is 0 Å². The normalized spacial score (nSPS) is 12.5. The van der Waals surface area contributed by atoms with Gasteiger partial charge in [0.1, 0.15) is 5.75 Å². The molecular formula is C13H19Cl2NO2. The molecule has 102 valence electrons. The number of hydrogen-bond donors (Lipinski definition) is 2. The highest BCUT2D eigenvalue weighted by atomic mass is 35.5. The summed E-state index contributed by atoms with van der Waals surface area (Å²) in [7, 11) is 1.56. The summed E-state index contributed by atoms with van der Waals surface area (Å²) in [5.74, 6) is 0.577. The lowest BCUT2D eigenvalue weighted by atomic mass is 10.1. The fraction of sp³-hybridized carbons (Fsp3) is 0.538. The van der Waals surface area contributed by atoms with Crippen LogP contribution >= 0.6 is 23.2 Å². The number of rotatable bonds is 7. The van der Waals surface area contributed by atoms with Crippen LogP contribution in [0.4, 0.5) is 0 Å². The molecule has 5 heteroatoms. The minimum absolute atomic E-state index is 0.183. The summed E-state index contributed by atoms with van der Waals surface area (Å²) in [6.45, 7) is 2.89. The fourth-order valence-corrected chi connectivity index (χ4v) is 2.21. The average Bonchev–Trinajstić information content (AvgIpc) is 2.37. The minimum atomic E-state index is 0.183. The molecule has 0 spiro atoms. The Balaban J connectivity index is 2.70. The molecule has 0 aliphatic heterocycles. The Morgan fingerprint density at radius 3 is 2.61 bits per heavy atom. The highest BCUT2D eigenvalue weighted by molar-refractivity contribution is 6.34. The van der Waals surface area contributed by atoms with E-state index in [2.05, 4.69) is 12.2 Å². The molecule has 1 atom stereocenters. The first-order valence-electron chi connectivity index (χ1n) is 5.98. The van der Waals surface area contributed by atoms with Crippen molar-refractivity contribution in [2.45, 2.75) is 32.4 Å². The Morgan fingerprint density at radius 1 is 1.33 bits per heavy atom. The van der Waals surface area contributed by atoms with E-state index in [4.69, 9.17) is 33.0 Å². The van der Waals surface area contributed by atoms with Gasteiger partial charge in [-0.15, -0.1) is 0 Å². The molecule has 18 heavy (non-hydrogen) atoms. The maximum absolute atomic E-state index is 8.93. The summed E-state index contributed by atoms with van der Waals surface area (Å²) >= 11 is 12.2. The highest BCUT2D eigenvalue weighted by Gasteiger charge is 2.10. The van der Waals surface area contributed by atoms with Crippen molar-refractivity contribution in [3.8, 4) is 5.75 Å². The lowest BCUT2D eigenvalue weighted by molar-refractivity contribution is 0.262. The molecule has 1 unspecified atom stereocenters. The fourth-order valence-electron chi connectivity index (χ4n) is 1.72. The van der Waals surface area contributed by atoms with Gasteiger partial charge in [0.2, 0.25) is 0 Å². The third kappa shape index (κ3) is 4.32. The van der Waals surface area contributed by atoms with E-state index in [1.165, 1.54) is 0 Å². The van der Waals surface area contributed by atoms with Gasteiger partial charge in [0.25, 0.3) is 0 Å². The van der Waals surface area contributed by atoms with Gasteiger partial charge in [-0.25, -0.2) is 0 Å². The second-order valence-electron chi connectivity index (χ2n) is 4.08. The number of nitrogens with one attached hydrogen (secondary N) is 1. The summed E-state index contributed by atoms with van der Waals surface area (Å²) in [6, 6.07) is 3.81. The topological polar surface area (TPSA) is 41.5 Å². The van der Waals surface area contributed by atoms with Crippen molar-refractivity contribution in [3.05, 3.63) is 27.7 Å². The second kappa shape index (κ2) is 7.85. The second-order valence-corrected chi connectivity index (χ2v) is 4.89. The molecule has 0 amide bonds. The minimum Gasteiger partial charge on any atom is -0.495 e. The monoisotopic (exact) mass is 291 g/mol. The standard InChI is InChI=1S/C13H19Cl2NO2/c1-3-10(4-5-17)16-8-9-6-12(15)13(18-2)7-11(9)14/h6-7,10,16-17H,3-5,8H2,1-2H3. The van der Waals surface area contributed by atoms with Gasteiger partial charge in [-0.1, -0.05) is 30.1 Å². The lowest BCUT2D eigenvalue weighted by Crippen LogP contribution is -2.28. The molecule has 1 aromatic carbocycles. The SMILES string of the molecule is CCC(CCO)NCc1cc(Cl)c(OC)cc1Cl. The summed E-state index contributed by atoms with van der Waals surface area (Å²) in [5.41, 5.74) is 0.929. The lowest BCUT2D eigenvalue weighted by Gasteiger charge is -2.17. The number of ether oxygens (including phenoxy) is 1. The van der Waals surface area contributed by atoms with Crippen molar-refractivity contribution >= 4 is 23.2 Å². The van der Waals surface area contributed by atoms with Crippen LogP contribution in [0.15, 0.2) is 12.1 Å². The van der Waals surface area contributed by atoms with E-state index in [-0.39, 0.29) is 12.6 Å². The van der Waals surface area contributed by atoms with Crippen LogP contribution in [0.1, 0.15) is 25.3 Å². The number of halogens is 2. The number of hydrogen-bond acceptors (Lipinski definition) is 3. The molecule has 0 saturated carbocycles. The zero-order valence-corrected chi connectivity index (χ0v) is 12.2. The smallest absolute Gasteiger partial charge is 0.138 e. The Hall–Kier alpha value is -0.480. The first-order valence-corrected chi connectivity index (χ1v) is 6.74. The van der Waals surface area contributed by atoms with Crippen molar-refractivity contribution in [2.24, 2.45) is 0 Å². The molecule has 3 nitrogen and oxygen atoms in total. The number of aliphatic hydroxyl groups is 1. The average molecular weight is 292 g/mol. The molecule has 1 rings (SSSR count). The summed E-state index contributed by atoms with van der Waals surface area (Å²) < 4.78 is 5.10. The summed E-state index contributed by atoms with van der Waals surface area (Å²) in [4.78, 5) is 0. The van der Waals surface area contributed by atoms with Gasteiger partial charge < -0.3 is 15.2 Å². The number of methoxy groups -OCH3 is 1. The van der Waals surface area contributed by atoms with E-state index in [9.17, 15) is 0 Å². The first-order chi connectivity index (χ1) is 8.62. The Labute approximate surface area is 118 Å². The molecule has 0 radical (unpaired) electrons. The Bertz CT molecular complexity index is 385. The van der Waals surface area contributed by atoms with Gasteiger partial charge in [0.05, 0.1) is 12.1 Å². The van der Waals surface area contributed by atoms with Gasteiger partial charge in [0.15, 0.2) is 0 Å². The van der Waals surface area contributed by atoms with Gasteiger partial charge in [-0.3, -0.25) is 0 Å². The van der Waals surface area contributed by atoms with Gasteiger partial charge in [-0.05, 0) is 24.5 Å². The van der Waals surface area contributed by atoms with Crippen LogP contribution in [0.5, 0.6) is 5.75 Å². The number of aliphatic hydroxyl groups excluding tert-OH is 1. The first kappa shape index (κ1) is 15.6. The van der Waals surface area contributed by atoms with Crippen molar-refractivity contribution in [1.29, 1.82) is 0 Å². The molecule has 0 fully saturated rings. The maximum atomic E-state index is 8.93. The Kier molecular flexibility index (Phi) is 6.79. The van der Waals surface area contributed by atoms with Crippen molar-refractivity contribution in [3.63, 3.8) is 0 Å². The van der Waals surface area contributed by atoms with Crippen LogP contribution in [0.2, 0.25) is 10.0 Å². The van der Waals surface area contributed by atoms with Gasteiger partial charge in [0, 0.05) is 30.3 Å². The molecule has 1 aromatic rings. The molecule has 0 aromatic heterocycles. The number of benzene rings is 1. The third-order valence-electron chi connectivity index (χ3n) is 2.87. The van der Waals surface area contributed by atoms with Crippen molar-refractivity contribution < 1.29 is 9.84 Å². The molecule has 0 saturated heterocycles. The van der Waals surface area contributed by atoms with Crippen LogP contribution in [-0.4, -0.2) is 24.9 Å². The zero-order valence-electron chi connectivity index (χ0n) is 10.7. The quantitative estimate of drug-likeness (QED) is 0.810. The zero-order chi connectivity index (χ0) is 13.5. The predicted molar refractivity (Wildman–Crippen MR) is 75.6 cm³/mol. The molecule has 0 bridgehead atoms. The van der Waals surface area contributed by atoms with Crippen LogP contribution in [0.3, 0.4) is 0 Å². The van der Waals surface area contributed by atoms with E-state index in [0.717, 1.165) is 18.4 Å². The predicted octanol–water partition coefficient (Wildman–Crippen LogP) is 3.25. The summed E-state index contributed by atoms with van der Waals surface area (Å²) in [6.07, 6.45) is 1.69. The van der Waals surface area contributed by atoms with E-state index in [1.54, 1.807) is 19.2 Å². The summed E-state index contributed by atoms with van der Waals surface area (Å²) in [5, 5.41) is 13.5. The van der Waals surface area contributed by atoms with Crippen LogP contribution in [0, 0.1) is 0 Å². The molecule has 0 aliphatic rings.